The third-order valence-corrected chi connectivity index (χ3v) is 3.77. The number of aromatic nitrogens is 4. The summed E-state index contributed by atoms with van der Waals surface area (Å²) < 4.78 is 0.476. The Balaban J connectivity index is 1.99. The summed E-state index contributed by atoms with van der Waals surface area (Å²) in [6.45, 7) is 2.66. The van der Waals surface area contributed by atoms with Gasteiger partial charge in [0.15, 0.2) is 6.19 Å². The predicted octanol–water partition coefficient (Wildman–Crippen LogP) is 1.95. The lowest BCUT2D eigenvalue weighted by Crippen LogP contribution is -2.10. The van der Waals surface area contributed by atoms with Gasteiger partial charge in [0, 0.05) is 11.3 Å². The topological polar surface area (TPSA) is 79.4 Å². The second-order valence-electron chi connectivity index (χ2n) is 3.81. The average molecular weight is 304 g/mol. The van der Waals surface area contributed by atoms with Crippen LogP contribution in [0.1, 0.15) is 12.5 Å². The van der Waals surface area contributed by atoms with Crippen LogP contribution >= 0.6 is 24.0 Å². The van der Waals surface area contributed by atoms with Gasteiger partial charge in [0.2, 0.25) is 5.82 Å². The molecule has 0 spiro atoms. The molecular formula is C12H12N6S2. The smallest absolute Gasteiger partial charge is 0.204 e. The van der Waals surface area contributed by atoms with E-state index in [0.29, 0.717) is 22.4 Å². The summed E-state index contributed by atoms with van der Waals surface area (Å²) in [5.41, 5.74) is 2.04. The number of thioether (sulfide) groups is 1. The molecule has 2 rings (SSSR count). The SMILES string of the molecule is CCn1nnc(-c2ccc(CSC(=S)NC#N)cc2)n1. The normalized spacial score (nSPS) is 10.0. The lowest BCUT2D eigenvalue weighted by atomic mass is 10.1. The fourth-order valence-corrected chi connectivity index (χ4v) is 2.30. The predicted molar refractivity (Wildman–Crippen MR) is 81.6 cm³/mol. The molecule has 0 unspecified atom stereocenters. The van der Waals surface area contributed by atoms with Crippen molar-refractivity contribution in [1.29, 1.82) is 5.26 Å². The number of tetrazole rings is 1. The van der Waals surface area contributed by atoms with Crippen LogP contribution in [0, 0.1) is 11.5 Å². The van der Waals surface area contributed by atoms with E-state index in [1.54, 1.807) is 11.0 Å². The number of thiocarbonyl (C=S) groups is 1. The Labute approximate surface area is 126 Å². The van der Waals surface area contributed by atoms with Gasteiger partial charge in [-0.3, -0.25) is 5.32 Å². The van der Waals surface area contributed by atoms with Crippen LogP contribution in [0.3, 0.4) is 0 Å². The second-order valence-corrected chi connectivity index (χ2v) is 5.46. The zero-order valence-electron chi connectivity index (χ0n) is 10.8. The van der Waals surface area contributed by atoms with Crippen molar-refractivity contribution in [3.63, 3.8) is 0 Å². The van der Waals surface area contributed by atoms with E-state index in [1.807, 2.05) is 31.2 Å². The molecule has 0 saturated heterocycles. The minimum atomic E-state index is 0.476. The zero-order chi connectivity index (χ0) is 14.4. The van der Waals surface area contributed by atoms with Crippen LogP contribution in [0.5, 0.6) is 0 Å². The molecule has 0 fully saturated rings. The van der Waals surface area contributed by atoms with Crippen molar-refractivity contribution in [2.45, 2.75) is 19.2 Å². The van der Waals surface area contributed by atoms with E-state index in [0.717, 1.165) is 11.1 Å². The summed E-state index contributed by atoms with van der Waals surface area (Å²) >= 11 is 6.38. The zero-order valence-corrected chi connectivity index (χ0v) is 12.4. The maximum atomic E-state index is 8.43. The van der Waals surface area contributed by atoms with Crippen LogP contribution in [0.4, 0.5) is 0 Å². The molecule has 0 radical (unpaired) electrons. The molecule has 8 heteroatoms. The Morgan fingerprint density at radius 3 is 2.80 bits per heavy atom. The Morgan fingerprint density at radius 2 is 2.20 bits per heavy atom. The summed E-state index contributed by atoms with van der Waals surface area (Å²) in [5, 5.41) is 23.0. The molecule has 2 aromatic rings. The average Bonchev–Trinajstić information content (AvgIpc) is 2.95. The van der Waals surface area contributed by atoms with E-state index < -0.39 is 0 Å². The molecule has 20 heavy (non-hydrogen) atoms. The Hall–Kier alpha value is -1.98. The molecule has 0 amide bonds. The first kappa shape index (κ1) is 14.4. The van der Waals surface area contributed by atoms with Gasteiger partial charge in [-0.15, -0.1) is 10.2 Å². The largest absolute Gasteiger partial charge is 0.278 e. The monoisotopic (exact) mass is 304 g/mol. The van der Waals surface area contributed by atoms with Crippen molar-refractivity contribution in [3.05, 3.63) is 29.8 Å². The van der Waals surface area contributed by atoms with Crippen LogP contribution in [-0.4, -0.2) is 24.5 Å². The number of nitriles is 1. The Kier molecular flexibility index (Phi) is 5.03. The van der Waals surface area contributed by atoms with E-state index in [-0.39, 0.29) is 0 Å². The number of aryl methyl sites for hydroxylation is 1. The highest BCUT2D eigenvalue weighted by atomic mass is 32.2. The number of nitrogens with one attached hydrogen (secondary N) is 1. The molecule has 102 valence electrons. The van der Waals surface area contributed by atoms with Crippen LogP contribution in [0.25, 0.3) is 11.4 Å². The minimum Gasteiger partial charge on any atom is -0.278 e. The Morgan fingerprint density at radius 1 is 1.45 bits per heavy atom. The molecule has 1 aromatic carbocycles. The van der Waals surface area contributed by atoms with Gasteiger partial charge in [-0.2, -0.15) is 10.1 Å². The molecule has 0 aliphatic heterocycles. The van der Waals surface area contributed by atoms with Crippen molar-refractivity contribution >= 4 is 28.3 Å². The quantitative estimate of drug-likeness (QED) is 0.525. The van der Waals surface area contributed by atoms with Gasteiger partial charge in [-0.05, 0) is 17.7 Å². The molecule has 6 nitrogen and oxygen atoms in total. The second kappa shape index (κ2) is 6.98. The first-order chi connectivity index (χ1) is 9.72. The lowest BCUT2D eigenvalue weighted by Gasteiger charge is -2.02. The first-order valence-electron chi connectivity index (χ1n) is 5.92. The molecule has 1 N–H and O–H groups in total. The van der Waals surface area contributed by atoms with Crippen molar-refractivity contribution in [1.82, 2.24) is 25.5 Å². The molecule has 0 aliphatic rings. The third-order valence-electron chi connectivity index (χ3n) is 2.48. The van der Waals surface area contributed by atoms with Crippen molar-refractivity contribution in [2.24, 2.45) is 0 Å². The van der Waals surface area contributed by atoms with Gasteiger partial charge < -0.3 is 0 Å². The molecule has 0 atom stereocenters. The van der Waals surface area contributed by atoms with E-state index in [1.165, 1.54) is 11.8 Å². The standard InChI is InChI=1S/C12H12N6S2/c1-2-18-16-11(15-17-18)10-5-3-9(4-6-10)7-20-12(19)14-8-13/h3-6H,2,7H2,1H3,(H,14,19). The Bertz CT molecular complexity index is 628. The van der Waals surface area contributed by atoms with Gasteiger partial charge in [-0.1, -0.05) is 48.2 Å². The van der Waals surface area contributed by atoms with E-state index in [2.05, 4.69) is 20.7 Å². The van der Waals surface area contributed by atoms with Crippen LogP contribution in [-0.2, 0) is 12.3 Å². The fraction of sp³-hybridized carbons (Fsp3) is 0.250. The summed E-state index contributed by atoms with van der Waals surface area (Å²) in [7, 11) is 0. The first-order valence-corrected chi connectivity index (χ1v) is 7.31. The molecule has 0 aliphatic carbocycles. The van der Waals surface area contributed by atoms with Gasteiger partial charge in [0.1, 0.15) is 4.32 Å². The highest BCUT2D eigenvalue weighted by molar-refractivity contribution is 8.22. The number of hydrogen-bond acceptors (Lipinski definition) is 6. The maximum absolute atomic E-state index is 8.43. The number of rotatable bonds is 4. The number of benzene rings is 1. The van der Waals surface area contributed by atoms with Crippen molar-refractivity contribution < 1.29 is 0 Å². The summed E-state index contributed by atoms with van der Waals surface area (Å²) in [6.07, 6.45) is 1.80. The minimum absolute atomic E-state index is 0.476. The maximum Gasteiger partial charge on any atom is 0.204 e. The molecular weight excluding hydrogens is 292 g/mol. The molecule has 1 aromatic heterocycles. The van der Waals surface area contributed by atoms with Gasteiger partial charge in [0.25, 0.3) is 0 Å². The van der Waals surface area contributed by atoms with Gasteiger partial charge >= 0.3 is 0 Å². The molecule has 0 bridgehead atoms. The van der Waals surface area contributed by atoms with Crippen LogP contribution in [0.2, 0.25) is 0 Å². The van der Waals surface area contributed by atoms with E-state index >= 15 is 0 Å². The van der Waals surface area contributed by atoms with Gasteiger partial charge in [0.05, 0.1) is 6.54 Å². The molecule has 0 saturated carbocycles. The third kappa shape index (κ3) is 3.76. The lowest BCUT2D eigenvalue weighted by molar-refractivity contribution is 0.553. The summed E-state index contributed by atoms with van der Waals surface area (Å²) in [6, 6.07) is 7.88. The number of nitrogens with zero attached hydrogens (tertiary/aromatic N) is 5. The van der Waals surface area contributed by atoms with Crippen molar-refractivity contribution in [2.75, 3.05) is 0 Å². The van der Waals surface area contributed by atoms with Crippen LogP contribution < -0.4 is 5.32 Å². The molecule has 1 heterocycles. The van der Waals surface area contributed by atoms with Crippen molar-refractivity contribution in [3.8, 4) is 17.6 Å². The highest BCUT2D eigenvalue weighted by Gasteiger charge is 2.05. The fourth-order valence-electron chi connectivity index (χ4n) is 1.47. The van der Waals surface area contributed by atoms with E-state index in [9.17, 15) is 0 Å². The summed E-state index contributed by atoms with van der Waals surface area (Å²) in [5.74, 6) is 1.33. The highest BCUT2D eigenvalue weighted by Crippen LogP contribution is 2.18. The van der Waals surface area contributed by atoms with Gasteiger partial charge in [-0.25, -0.2) is 0 Å². The van der Waals surface area contributed by atoms with E-state index in [4.69, 9.17) is 17.5 Å². The van der Waals surface area contributed by atoms with Crippen LogP contribution in [0.15, 0.2) is 24.3 Å². The summed E-state index contributed by atoms with van der Waals surface area (Å²) in [4.78, 5) is 1.55. The number of hydrogen-bond donors (Lipinski definition) is 1.